The third-order valence-electron chi connectivity index (χ3n) is 9.50. The van der Waals surface area contributed by atoms with Crippen LogP contribution in [0.3, 0.4) is 0 Å². The topological polar surface area (TPSA) is 122 Å². The SMILES string of the molecule is CNC(=O)c1c(-c2ccc(C)cc2)oc2cc3c(cc12)[C@H](C)O[C@H](COC(=O)N1CCC(N2CCCCC2)CC1)CN3S(C)(=O)=O. The maximum absolute atomic E-state index is 13.2. The molecule has 0 saturated carbocycles. The zero-order valence-corrected chi connectivity index (χ0v) is 27.9. The van der Waals surface area contributed by atoms with E-state index in [1.165, 1.54) is 23.6 Å². The van der Waals surface area contributed by atoms with Gasteiger partial charge in [0.2, 0.25) is 10.0 Å². The highest BCUT2D eigenvalue weighted by atomic mass is 32.2. The first-order valence-corrected chi connectivity index (χ1v) is 18.1. The first kappa shape index (κ1) is 32.3. The summed E-state index contributed by atoms with van der Waals surface area (Å²) < 4.78 is 46.0. The third-order valence-corrected chi connectivity index (χ3v) is 10.6. The number of amides is 2. The molecule has 2 atom stereocenters. The Bertz CT molecular complexity index is 1690. The standard InChI is InChI=1S/C34H44N4O7S/c1-22-8-10-24(11-9-22)32-31(33(39)35-3)28-18-27-23(2)44-26(20-38(46(4,41)42)29(27)19-30(28)45-32)21-43-34(40)37-16-12-25(13-17-37)36-14-6-5-7-15-36/h8-11,18-19,23,25-26H,5-7,12-17,20-21H2,1-4H3,(H,35,39)/t23-,26-/m0/s1. The second kappa shape index (κ2) is 13.2. The van der Waals surface area contributed by atoms with Crippen LogP contribution in [0.4, 0.5) is 10.5 Å². The van der Waals surface area contributed by atoms with Crippen LogP contribution in [-0.4, -0.2) is 95.0 Å². The average Bonchev–Trinajstić information content (AvgIpc) is 3.36. The highest BCUT2D eigenvalue weighted by molar-refractivity contribution is 7.92. The van der Waals surface area contributed by atoms with Crippen molar-refractivity contribution in [2.75, 3.05) is 56.9 Å². The van der Waals surface area contributed by atoms with E-state index in [-0.39, 0.29) is 19.1 Å². The summed E-state index contributed by atoms with van der Waals surface area (Å²) in [6.07, 6.45) is 5.09. The van der Waals surface area contributed by atoms with Gasteiger partial charge in [-0.2, -0.15) is 0 Å². The smallest absolute Gasteiger partial charge is 0.409 e. The Balaban J connectivity index is 1.22. The molecular weight excluding hydrogens is 608 g/mol. The number of piperidine rings is 2. The molecule has 1 aromatic heterocycles. The molecule has 3 aliphatic heterocycles. The molecule has 0 unspecified atom stereocenters. The monoisotopic (exact) mass is 652 g/mol. The predicted octanol–water partition coefficient (Wildman–Crippen LogP) is 5.08. The van der Waals surface area contributed by atoms with E-state index in [1.807, 2.05) is 38.1 Å². The molecule has 2 saturated heterocycles. The Kier molecular flexibility index (Phi) is 9.31. The maximum Gasteiger partial charge on any atom is 0.409 e. The number of hydrogen-bond acceptors (Lipinski definition) is 8. The Morgan fingerprint density at radius 2 is 1.72 bits per heavy atom. The molecule has 46 heavy (non-hydrogen) atoms. The molecule has 4 heterocycles. The van der Waals surface area contributed by atoms with Crippen LogP contribution in [0, 0.1) is 6.92 Å². The van der Waals surface area contributed by atoms with Gasteiger partial charge in [-0.3, -0.25) is 9.10 Å². The number of rotatable bonds is 6. The van der Waals surface area contributed by atoms with Crippen LogP contribution in [0.1, 0.15) is 66.6 Å². The zero-order chi connectivity index (χ0) is 32.6. The lowest BCUT2D eigenvalue weighted by Gasteiger charge is -2.39. The van der Waals surface area contributed by atoms with Gasteiger partial charge in [-0.1, -0.05) is 36.2 Å². The highest BCUT2D eigenvalue weighted by Gasteiger charge is 2.35. The Hall–Kier alpha value is -3.61. The van der Waals surface area contributed by atoms with Crippen LogP contribution in [0.15, 0.2) is 40.8 Å². The number of sulfonamides is 1. The summed E-state index contributed by atoms with van der Waals surface area (Å²) in [4.78, 5) is 30.5. The van der Waals surface area contributed by atoms with Crippen LogP contribution in [-0.2, 0) is 19.5 Å². The van der Waals surface area contributed by atoms with E-state index >= 15 is 0 Å². The van der Waals surface area contributed by atoms with Gasteiger partial charge in [0.25, 0.3) is 5.91 Å². The second-order valence-corrected chi connectivity index (χ2v) is 14.7. The number of carbonyl (C=O) groups is 2. The average molecular weight is 653 g/mol. The quantitative estimate of drug-likeness (QED) is 0.392. The van der Waals surface area contributed by atoms with Gasteiger partial charge in [-0.15, -0.1) is 0 Å². The van der Waals surface area contributed by atoms with Crippen molar-refractivity contribution in [3.05, 3.63) is 53.1 Å². The van der Waals surface area contributed by atoms with Gasteiger partial charge in [0.15, 0.2) is 0 Å². The lowest BCUT2D eigenvalue weighted by Crippen LogP contribution is -2.48. The molecular formula is C34H44N4O7S. The minimum Gasteiger partial charge on any atom is -0.455 e. The van der Waals surface area contributed by atoms with E-state index in [4.69, 9.17) is 13.9 Å². The number of nitrogens with zero attached hydrogens (tertiary/aromatic N) is 3. The normalized spacial score (nSPS) is 21.6. The fourth-order valence-corrected chi connectivity index (χ4v) is 7.95. The predicted molar refractivity (Wildman–Crippen MR) is 177 cm³/mol. The summed E-state index contributed by atoms with van der Waals surface area (Å²) in [5.41, 5.74) is 3.54. The number of fused-ring (bicyclic) bond motifs is 2. The summed E-state index contributed by atoms with van der Waals surface area (Å²) in [6.45, 7) is 7.23. The molecule has 1 N–H and O–H groups in total. The number of hydrogen-bond donors (Lipinski definition) is 1. The van der Waals surface area contributed by atoms with Gasteiger partial charge < -0.3 is 29.0 Å². The molecule has 0 bridgehead atoms. The van der Waals surface area contributed by atoms with E-state index in [0.29, 0.717) is 52.7 Å². The molecule has 0 spiro atoms. The maximum atomic E-state index is 13.2. The van der Waals surface area contributed by atoms with Crippen molar-refractivity contribution >= 4 is 38.7 Å². The molecule has 2 amide bonds. The third kappa shape index (κ3) is 6.61. The first-order valence-electron chi connectivity index (χ1n) is 16.2. The molecule has 0 aliphatic carbocycles. The van der Waals surface area contributed by atoms with E-state index in [1.54, 1.807) is 24.1 Å². The number of furan rings is 1. The van der Waals surface area contributed by atoms with Crippen molar-refractivity contribution in [1.29, 1.82) is 0 Å². The fraction of sp³-hybridized carbons (Fsp3) is 0.529. The highest BCUT2D eigenvalue weighted by Crippen LogP contribution is 2.42. The van der Waals surface area contributed by atoms with Gasteiger partial charge in [0, 0.05) is 48.8 Å². The van der Waals surface area contributed by atoms with Crippen molar-refractivity contribution in [1.82, 2.24) is 15.1 Å². The van der Waals surface area contributed by atoms with Crippen molar-refractivity contribution in [3.8, 4) is 11.3 Å². The molecule has 6 rings (SSSR count). The van der Waals surface area contributed by atoms with Gasteiger partial charge in [0.1, 0.15) is 24.1 Å². The van der Waals surface area contributed by atoms with Gasteiger partial charge in [-0.05, 0) is 58.7 Å². The van der Waals surface area contributed by atoms with Crippen LogP contribution in [0.2, 0.25) is 0 Å². The number of nitrogens with one attached hydrogen (secondary N) is 1. The summed E-state index contributed by atoms with van der Waals surface area (Å²) in [5, 5.41) is 3.26. The number of carbonyl (C=O) groups excluding carboxylic acids is 2. The van der Waals surface area contributed by atoms with Crippen LogP contribution >= 0.6 is 0 Å². The molecule has 2 fully saturated rings. The van der Waals surface area contributed by atoms with Crippen LogP contribution < -0.4 is 9.62 Å². The summed E-state index contributed by atoms with van der Waals surface area (Å²) >= 11 is 0. The molecule has 3 aliphatic rings. The number of aryl methyl sites for hydroxylation is 1. The number of ether oxygens (including phenoxy) is 2. The molecule has 0 radical (unpaired) electrons. The summed E-state index contributed by atoms with van der Waals surface area (Å²) in [7, 11) is -2.21. The van der Waals surface area contributed by atoms with Gasteiger partial charge in [0.05, 0.1) is 30.2 Å². The summed E-state index contributed by atoms with van der Waals surface area (Å²) in [5.74, 6) is 0.0833. The molecule has 12 heteroatoms. The molecule has 11 nitrogen and oxygen atoms in total. The summed E-state index contributed by atoms with van der Waals surface area (Å²) in [6, 6.07) is 11.6. The largest absolute Gasteiger partial charge is 0.455 e. The first-order chi connectivity index (χ1) is 22.0. The minimum atomic E-state index is -3.77. The Labute approximate surface area is 270 Å². The van der Waals surface area contributed by atoms with E-state index in [2.05, 4.69) is 10.2 Å². The second-order valence-electron chi connectivity index (χ2n) is 12.7. The number of likely N-dealkylation sites (tertiary alicyclic amines) is 2. The van der Waals surface area contributed by atoms with Crippen molar-refractivity contribution < 1.29 is 31.9 Å². The van der Waals surface area contributed by atoms with Crippen LogP contribution in [0.5, 0.6) is 0 Å². The van der Waals surface area contributed by atoms with E-state index in [0.717, 1.165) is 43.3 Å². The lowest BCUT2D eigenvalue weighted by atomic mass is 10.00. The van der Waals surface area contributed by atoms with Gasteiger partial charge >= 0.3 is 6.09 Å². The number of benzene rings is 2. The fourth-order valence-electron chi connectivity index (χ4n) is 7.00. The minimum absolute atomic E-state index is 0.0418. The zero-order valence-electron chi connectivity index (χ0n) is 27.1. The molecule has 2 aromatic carbocycles. The Morgan fingerprint density at radius 1 is 1.02 bits per heavy atom. The van der Waals surface area contributed by atoms with Crippen molar-refractivity contribution in [2.24, 2.45) is 0 Å². The number of anilines is 1. The van der Waals surface area contributed by atoms with Crippen molar-refractivity contribution in [2.45, 2.75) is 64.2 Å². The Morgan fingerprint density at radius 3 is 2.37 bits per heavy atom. The van der Waals surface area contributed by atoms with E-state index in [9.17, 15) is 18.0 Å². The lowest BCUT2D eigenvalue weighted by molar-refractivity contribution is -0.0337. The van der Waals surface area contributed by atoms with Crippen molar-refractivity contribution in [3.63, 3.8) is 0 Å². The van der Waals surface area contributed by atoms with E-state index < -0.39 is 28.3 Å². The van der Waals surface area contributed by atoms with Crippen LogP contribution in [0.25, 0.3) is 22.3 Å². The molecule has 248 valence electrons. The van der Waals surface area contributed by atoms with Gasteiger partial charge in [-0.25, -0.2) is 13.2 Å². The molecule has 3 aromatic rings.